The molecule has 114 valence electrons. The van der Waals surface area contributed by atoms with Gasteiger partial charge in [0.1, 0.15) is 5.65 Å². The van der Waals surface area contributed by atoms with Crippen molar-refractivity contribution < 1.29 is 4.74 Å². The van der Waals surface area contributed by atoms with Crippen molar-refractivity contribution in [3.05, 3.63) is 29.1 Å². The maximum atomic E-state index is 5.57. The summed E-state index contributed by atoms with van der Waals surface area (Å²) in [6.45, 7) is 11.4. The fourth-order valence-electron chi connectivity index (χ4n) is 3.09. The molecule has 1 aliphatic heterocycles. The summed E-state index contributed by atoms with van der Waals surface area (Å²) in [6.07, 6.45) is 3.06. The Bertz CT molecular complexity index is 610. The highest BCUT2D eigenvalue weighted by Gasteiger charge is 2.18. The molecule has 0 spiro atoms. The Kier molecular flexibility index (Phi) is 4.27. The lowest BCUT2D eigenvalue weighted by atomic mass is 10.0. The van der Waals surface area contributed by atoms with Gasteiger partial charge in [-0.3, -0.25) is 4.90 Å². The van der Waals surface area contributed by atoms with Crippen LogP contribution in [-0.4, -0.2) is 41.2 Å². The van der Waals surface area contributed by atoms with Crippen molar-refractivity contribution >= 4 is 11.0 Å². The maximum Gasteiger partial charge on any atom is 0.137 e. The molecule has 1 saturated heterocycles. The average Bonchev–Trinajstić information content (AvgIpc) is 2.63. The zero-order valence-electron chi connectivity index (χ0n) is 13.3. The number of ether oxygens (including phenoxy) is 1. The second-order valence-corrected chi connectivity index (χ2v) is 6.32. The van der Waals surface area contributed by atoms with Crippen molar-refractivity contribution in [3.63, 3.8) is 0 Å². The third-order valence-electron chi connectivity index (χ3n) is 4.20. The van der Waals surface area contributed by atoms with Crippen LogP contribution in [0.5, 0.6) is 0 Å². The summed E-state index contributed by atoms with van der Waals surface area (Å²) in [5.74, 6) is 0.484. The number of aromatic amines is 1. The number of fused-ring (bicyclic) bond motifs is 1. The highest BCUT2D eigenvalue weighted by atomic mass is 16.5. The number of hydrogen-bond acceptors (Lipinski definition) is 3. The molecular weight excluding hydrogens is 262 g/mol. The van der Waals surface area contributed by atoms with E-state index in [0.29, 0.717) is 5.92 Å². The van der Waals surface area contributed by atoms with Crippen LogP contribution in [0.3, 0.4) is 0 Å². The number of pyridine rings is 1. The van der Waals surface area contributed by atoms with E-state index < -0.39 is 0 Å². The lowest BCUT2D eigenvalue weighted by Gasteiger charge is -2.20. The van der Waals surface area contributed by atoms with Gasteiger partial charge in [-0.1, -0.05) is 13.8 Å². The lowest BCUT2D eigenvalue weighted by molar-refractivity contribution is 0.140. The van der Waals surface area contributed by atoms with E-state index in [-0.39, 0.29) is 0 Å². The molecule has 21 heavy (non-hydrogen) atoms. The number of H-pyrrole nitrogens is 1. The van der Waals surface area contributed by atoms with Gasteiger partial charge in [-0.2, -0.15) is 0 Å². The Labute approximate surface area is 126 Å². The summed E-state index contributed by atoms with van der Waals surface area (Å²) in [4.78, 5) is 10.6. The summed E-state index contributed by atoms with van der Waals surface area (Å²) in [5.41, 5.74) is 4.98. The highest BCUT2D eigenvalue weighted by molar-refractivity contribution is 5.82. The Balaban J connectivity index is 1.97. The van der Waals surface area contributed by atoms with Crippen molar-refractivity contribution in [1.29, 1.82) is 0 Å². The fourth-order valence-corrected chi connectivity index (χ4v) is 3.09. The standard InChI is InChI=1S/C17H25N3O/c1-12(2)16-15(11-20-5-4-7-21-8-6-20)14-9-13(3)10-18-17(14)19-16/h9-10,12H,4-8,11H2,1-3H3,(H,18,19). The Morgan fingerprint density at radius 1 is 1.33 bits per heavy atom. The van der Waals surface area contributed by atoms with Gasteiger partial charge < -0.3 is 9.72 Å². The lowest BCUT2D eigenvalue weighted by Crippen LogP contribution is -2.26. The highest BCUT2D eigenvalue weighted by Crippen LogP contribution is 2.28. The third-order valence-corrected chi connectivity index (χ3v) is 4.20. The van der Waals surface area contributed by atoms with Gasteiger partial charge in [0.15, 0.2) is 0 Å². The molecule has 0 saturated carbocycles. The first kappa shape index (κ1) is 14.5. The number of nitrogens with one attached hydrogen (secondary N) is 1. The van der Waals surface area contributed by atoms with Gasteiger partial charge in [0.05, 0.1) is 6.61 Å². The average molecular weight is 287 g/mol. The van der Waals surface area contributed by atoms with Crippen LogP contribution in [0.4, 0.5) is 0 Å². The molecule has 1 N–H and O–H groups in total. The number of rotatable bonds is 3. The van der Waals surface area contributed by atoms with Gasteiger partial charge in [0, 0.05) is 43.5 Å². The van der Waals surface area contributed by atoms with Gasteiger partial charge in [0.2, 0.25) is 0 Å². The van der Waals surface area contributed by atoms with E-state index >= 15 is 0 Å². The van der Waals surface area contributed by atoms with Crippen LogP contribution < -0.4 is 0 Å². The quantitative estimate of drug-likeness (QED) is 0.942. The molecule has 3 rings (SSSR count). The Morgan fingerprint density at radius 2 is 2.19 bits per heavy atom. The predicted molar refractivity (Wildman–Crippen MR) is 85.6 cm³/mol. The van der Waals surface area contributed by atoms with Crippen LogP contribution in [0, 0.1) is 6.92 Å². The molecule has 1 fully saturated rings. The number of aromatic nitrogens is 2. The Morgan fingerprint density at radius 3 is 3.00 bits per heavy atom. The van der Waals surface area contributed by atoms with E-state index in [1.165, 1.54) is 22.2 Å². The molecule has 2 aromatic heterocycles. The summed E-state index contributed by atoms with van der Waals surface area (Å²) in [6, 6.07) is 2.26. The summed E-state index contributed by atoms with van der Waals surface area (Å²) in [7, 11) is 0. The first-order valence-corrected chi connectivity index (χ1v) is 7.92. The van der Waals surface area contributed by atoms with Crippen molar-refractivity contribution in [2.24, 2.45) is 0 Å². The van der Waals surface area contributed by atoms with Crippen LogP contribution in [0.25, 0.3) is 11.0 Å². The fraction of sp³-hybridized carbons (Fsp3) is 0.588. The van der Waals surface area contributed by atoms with Gasteiger partial charge >= 0.3 is 0 Å². The molecule has 0 unspecified atom stereocenters. The number of hydrogen-bond donors (Lipinski definition) is 1. The summed E-state index contributed by atoms with van der Waals surface area (Å²) in [5, 5.41) is 1.28. The molecule has 0 radical (unpaired) electrons. The normalized spacial score (nSPS) is 17.5. The Hall–Kier alpha value is -1.39. The van der Waals surface area contributed by atoms with Gasteiger partial charge in [-0.05, 0) is 36.5 Å². The van der Waals surface area contributed by atoms with Gasteiger partial charge in [-0.25, -0.2) is 4.98 Å². The van der Waals surface area contributed by atoms with Crippen LogP contribution in [0.15, 0.2) is 12.3 Å². The zero-order valence-corrected chi connectivity index (χ0v) is 13.3. The van der Waals surface area contributed by atoms with E-state index in [1.807, 2.05) is 6.20 Å². The van der Waals surface area contributed by atoms with E-state index in [1.54, 1.807) is 0 Å². The molecule has 4 heteroatoms. The first-order valence-electron chi connectivity index (χ1n) is 7.92. The summed E-state index contributed by atoms with van der Waals surface area (Å²) >= 11 is 0. The minimum absolute atomic E-state index is 0.484. The molecule has 0 aromatic carbocycles. The first-order chi connectivity index (χ1) is 10.1. The minimum atomic E-state index is 0.484. The molecule has 0 atom stereocenters. The van der Waals surface area contributed by atoms with Crippen molar-refractivity contribution in [2.45, 2.75) is 39.7 Å². The smallest absolute Gasteiger partial charge is 0.137 e. The predicted octanol–water partition coefficient (Wildman–Crippen LogP) is 3.22. The van der Waals surface area contributed by atoms with Crippen molar-refractivity contribution in [1.82, 2.24) is 14.9 Å². The molecule has 0 aliphatic carbocycles. The second-order valence-electron chi connectivity index (χ2n) is 6.32. The van der Waals surface area contributed by atoms with E-state index in [2.05, 4.69) is 41.7 Å². The molecule has 1 aliphatic rings. The molecule has 2 aromatic rings. The second kappa shape index (κ2) is 6.16. The molecule has 0 bridgehead atoms. The van der Waals surface area contributed by atoms with E-state index in [9.17, 15) is 0 Å². The maximum absolute atomic E-state index is 5.57. The molecule has 4 nitrogen and oxygen atoms in total. The van der Waals surface area contributed by atoms with Crippen molar-refractivity contribution in [2.75, 3.05) is 26.3 Å². The zero-order chi connectivity index (χ0) is 14.8. The van der Waals surface area contributed by atoms with E-state index in [4.69, 9.17) is 4.74 Å². The van der Waals surface area contributed by atoms with Crippen LogP contribution in [0.1, 0.15) is 43.0 Å². The monoisotopic (exact) mass is 287 g/mol. The van der Waals surface area contributed by atoms with E-state index in [0.717, 1.165) is 44.9 Å². The van der Waals surface area contributed by atoms with Crippen LogP contribution >= 0.6 is 0 Å². The van der Waals surface area contributed by atoms with Crippen molar-refractivity contribution in [3.8, 4) is 0 Å². The third kappa shape index (κ3) is 3.11. The topological polar surface area (TPSA) is 41.2 Å². The van der Waals surface area contributed by atoms with Gasteiger partial charge in [-0.15, -0.1) is 0 Å². The van der Waals surface area contributed by atoms with Crippen LogP contribution in [0.2, 0.25) is 0 Å². The minimum Gasteiger partial charge on any atom is -0.380 e. The molecular formula is C17H25N3O. The molecule has 3 heterocycles. The number of nitrogens with zero attached hydrogens (tertiary/aromatic N) is 2. The SMILES string of the molecule is Cc1cnc2[nH]c(C(C)C)c(CN3CCCOCC3)c2c1. The largest absolute Gasteiger partial charge is 0.380 e. The molecule has 0 amide bonds. The van der Waals surface area contributed by atoms with Gasteiger partial charge in [0.25, 0.3) is 0 Å². The number of aryl methyl sites for hydroxylation is 1. The summed E-state index contributed by atoms with van der Waals surface area (Å²) < 4.78 is 5.57. The van der Waals surface area contributed by atoms with Crippen LogP contribution in [-0.2, 0) is 11.3 Å².